The number of anilines is 1. The summed E-state index contributed by atoms with van der Waals surface area (Å²) < 4.78 is 13.3. The highest BCUT2D eigenvalue weighted by Gasteiger charge is 2.67. The number of halogens is 1. The minimum absolute atomic E-state index is 0.0205. The first-order valence-corrected chi connectivity index (χ1v) is 9.50. The summed E-state index contributed by atoms with van der Waals surface area (Å²) >= 11 is 0. The van der Waals surface area contributed by atoms with Crippen LogP contribution in [0.4, 0.5) is 10.1 Å². The van der Waals surface area contributed by atoms with Gasteiger partial charge in [-0.1, -0.05) is 42.5 Å². The highest BCUT2D eigenvalue weighted by atomic mass is 19.1. The molecule has 29 heavy (non-hydrogen) atoms. The van der Waals surface area contributed by atoms with E-state index in [0.717, 1.165) is 22.4 Å². The van der Waals surface area contributed by atoms with Gasteiger partial charge in [-0.15, -0.1) is 0 Å². The van der Waals surface area contributed by atoms with E-state index in [1.165, 1.54) is 12.1 Å². The Morgan fingerprint density at radius 1 is 1.07 bits per heavy atom. The number of carboxylic acids is 1. The predicted molar refractivity (Wildman–Crippen MR) is 106 cm³/mol. The molecule has 1 aliphatic heterocycles. The van der Waals surface area contributed by atoms with Gasteiger partial charge >= 0.3 is 5.97 Å². The van der Waals surface area contributed by atoms with Crippen LogP contribution in [0.2, 0.25) is 0 Å². The van der Waals surface area contributed by atoms with Crippen molar-refractivity contribution in [2.75, 3.05) is 4.90 Å². The number of benzene rings is 3. The molecule has 5 heteroatoms. The molecule has 0 radical (unpaired) electrons. The summed E-state index contributed by atoms with van der Waals surface area (Å²) in [5, 5.41) is 9.25. The van der Waals surface area contributed by atoms with Crippen LogP contribution in [-0.4, -0.2) is 17.0 Å². The van der Waals surface area contributed by atoms with Crippen LogP contribution in [0.25, 0.3) is 0 Å². The second-order valence-electron chi connectivity index (χ2n) is 7.69. The zero-order valence-corrected chi connectivity index (χ0v) is 15.5. The Morgan fingerprint density at radius 3 is 2.59 bits per heavy atom. The average molecular weight is 387 g/mol. The van der Waals surface area contributed by atoms with E-state index >= 15 is 0 Å². The Hall–Kier alpha value is -3.47. The number of amides is 1. The molecule has 5 rings (SSSR count). The molecule has 2 aliphatic rings. The van der Waals surface area contributed by atoms with Crippen LogP contribution in [0, 0.1) is 5.82 Å². The molecule has 0 aromatic heterocycles. The Bertz CT molecular complexity index is 1140. The van der Waals surface area contributed by atoms with E-state index in [-0.39, 0.29) is 23.2 Å². The molecule has 144 valence electrons. The van der Waals surface area contributed by atoms with E-state index < -0.39 is 11.4 Å². The second kappa shape index (κ2) is 6.27. The van der Waals surface area contributed by atoms with Crippen LogP contribution in [0.1, 0.15) is 39.4 Å². The van der Waals surface area contributed by atoms with Crippen LogP contribution in [0.3, 0.4) is 0 Å². The number of rotatable bonds is 4. The zero-order chi connectivity index (χ0) is 20.2. The van der Waals surface area contributed by atoms with Crippen molar-refractivity contribution in [3.05, 3.63) is 101 Å². The van der Waals surface area contributed by atoms with Crippen molar-refractivity contribution in [1.29, 1.82) is 0 Å². The lowest BCUT2D eigenvalue weighted by atomic mass is 9.92. The lowest BCUT2D eigenvalue weighted by Gasteiger charge is -2.19. The van der Waals surface area contributed by atoms with Crippen molar-refractivity contribution in [3.8, 4) is 0 Å². The van der Waals surface area contributed by atoms with E-state index in [1.807, 2.05) is 30.3 Å². The molecule has 1 fully saturated rings. The number of para-hydroxylation sites is 1. The fourth-order valence-corrected chi connectivity index (χ4v) is 4.59. The number of carbonyl (C=O) groups excluding carboxylic acids is 1. The van der Waals surface area contributed by atoms with E-state index in [0.29, 0.717) is 13.0 Å². The molecular formula is C24H18FNO3. The van der Waals surface area contributed by atoms with Crippen LogP contribution in [0.15, 0.2) is 72.8 Å². The number of nitrogens with zero attached hydrogens (tertiary/aromatic N) is 1. The number of carbonyl (C=O) groups is 2. The molecule has 2 unspecified atom stereocenters. The number of hydrogen-bond acceptors (Lipinski definition) is 2. The van der Waals surface area contributed by atoms with Crippen molar-refractivity contribution in [2.24, 2.45) is 0 Å². The summed E-state index contributed by atoms with van der Waals surface area (Å²) in [5.41, 5.74) is 3.18. The van der Waals surface area contributed by atoms with Gasteiger partial charge in [0.25, 0.3) is 0 Å². The SMILES string of the molecule is O=C(O)c1cccc(CN2C(=O)C3(CC3c3ccc(F)cc3)c3ccccc32)c1. The molecule has 1 amide bonds. The molecule has 3 aromatic rings. The van der Waals surface area contributed by atoms with Gasteiger partial charge in [-0.2, -0.15) is 0 Å². The molecule has 1 spiro atoms. The van der Waals surface area contributed by atoms with Crippen LogP contribution in [-0.2, 0) is 16.8 Å². The smallest absolute Gasteiger partial charge is 0.335 e. The number of hydrogen-bond donors (Lipinski definition) is 1. The molecule has 2 atom stereocenters. The third-order valence-corrected chi connectivity index (χ3v) is 6.05. The van der Waals surface area contributed by atoms with Gasteiger partial charge in [0.1, 0.15) is 5.82 Å². The van der Waals surface area contributed by atoms with Crippen LogP contribution in [0.5, 0.6) is 0 Å². The van der Waals surface area contributed by atoms with Gasteiger partial charge in [0.15, 0.2) is 0 Å². The monoisotopic (exact) mass is 387 g/mol. The van der Waals surface area contributed by atoms with E-state index in [4.69, 9.17) is 0 Å². The number of fused-ring (bicyclic) bond motifs is 2. The van der Waals surface area contributed by atoms with E-state index in [2.05, 4.69) is 0 Å². The van der Waals surface area contributed by atoms with Crippen LogP contribution >= 0.6 is 0 Å². The maximum atomic E-state index is 13.6. The summed E-state index contributed by atoms with van der Waals surface area (Å²) in [7, 11) is 0. The molecule has 1 aliphatic carbocycles. The Morgan fingerprint density at radius 2 is 1.83 bits per heavy atom. The molecule has 3 aromatic carbocycles. The first-order valence-electron chi connectivity index (χ1n) is 9.50. The predicted octanol–water partition coefficient (Wildman–Crippen LogP) is 4.50. The Kier molecular flexibility index (Phi) is 3.81. The summed E-state index contributed by atoms with van der Waals surface area (Å²) in [4.78, 5) is 26.6. The maximum absolute atomic E-state index is 13.6. The fraction of sp³-hybridized carbons (Fsp3) is 0.167. The van der Waals surface area contributed by atoms with Gasteiger partial charge in [0, 0.05) is 11.6 Å². The minimum atomic E-state index is -0.991. The Balaban J connectivity index is 1.51. The lowest BCUT2D eigenvalue weighted by Crippen LogP contribution is -2.32. The molecular weight excluding hydrogens is 369 g/mol. The van der Waals surface area contributed by atoms with Gasteiger partial charge in [-0.3, -0.25) is 4.79 Å². The maximum Gasteiger partial charge on any atom is 0.335 e. The third kappa shape index (κ3) is 2.65. The molecule has 4 nitrogen and oxygen atoms in total. The van der Waals surface area contributed by atoms with Gasteiger partial charge in [-0.25, -0.2) is 9.18 Å². The molecule has 1 saturated carbocycles. The first kappa shape index (κ1) is 17.6. The van der Waals surface area contributed by atoms with Crippen molar-refractivity contribution >= 4 is 17.6 Å². The average Bonchev–Trinajstić information content (AvgIpc) is 3.44. The first-order chi connectivity index (χ1) is 14.0. The van der Waals surface area contributed by atoms with Crippen molar-refractivity contribution < 1.29 is 19.1 Å². The summed E-state index contributed by atoms with van der Waals surface area (Å²) in [6, 6.07) is 20.8. The highest BCUT2D eigenvalue weighted by Crippen LogP contribution is 2.66. The normalized spacial score (nSPS) is 22.0. The number of aromatic carboxylic acids is 1. The lowest BCUT2D eigenvalue weighted by molar-refractivity contribution is -0.120. The van der Waals surface area contributed by atoms with Gasteiger partial charge < -0.3 is 10.0 Å². The fourth-order valence-electron chi connectivity index (χ4n) is 4.59. The molecule has 1 heterocycles. The van der Waals surface area contributed by atoms with Gasteiger partial charge in [0.05, 0.1) is 17.5 Å². The van der Waals surface area contributed by atoms with Crippen molar-refractivity contribution in [2.45, 2.75) is 24.3 Å². The third-order valence-electron chi connectivity index (χ3n) is 6.05. The van der Waals surface area contributed by atoms with Gasteiger partial charge in [0.2, 0.25) is 5.91 Å². The van der Waals surface area contributed by atoms with E-state index in [1.54, 1.807) is 35.2 Å². The summed E-state index contributed by atoms with van der Waals surface area (Å²) in [6.07, 6.45) is 0.695. The largest absolute Gasteiger partial charge is 0.478 e. The number of carboxylic acid groups (broad SMARTS) is 1. The molecule has 0 saturated heterocycles. The quantitative estimate of drug-likeness (QED) is 0.717. The van der Waals surface area contributed by atoms with Crippen LogP contribution < -0.4 is 4.90 Å². The molecule has 1 N–H and O–H groups in total. The highest BCUT2D eigenvalue weighted by molar-refractivity contribution is 6.11. The Labute approximate surface area is 167 Å². The second-order valence-corrected chi connectivity index (χ2v) is 7.69. The zero-order valence-electron chi connectivity index (χ0n) is 15.5. The topological polar surface area (TPSA) is 57.6 Å². The van der Waals surface area contributed by atoms with Gasteiger partial charge in [-0.05, 0) is 53.4 Å². The standard InChI is InChI=1S/C24H18FNO3/c25-18-10-8-16(9-11-18)20-13-24(20)19-6-1-2-7-21(19)26(23(24)29)14-15-4-3-5-17(12-15)22(27)28/h1-12,20H,13-14H2,(H,27,28). The van der Waals surface area contributed by atoms with Crippen molar-refractivity contribution in [3.63, 3.8) is 0 Å². The minimum Gasteiger partial charge on any atom is -0.478 e. The summed E-state index contributed by atoms with van der Waals surface area (Å²) in [5.74, 6) is -1.24. The summed E-state index contributed by atoms with van der Waals surface area (Å²) in [6.45, 7) is 0.314. The van der Waals surface area contributed by atoms with Crippen molar-refractivity contribution in [1.82, 2.24) is 0 Å². The van der Waals surface area contributed by atoms with E-state index in [9.17, 15) is 19.1 Å². The molecule has 0 bridgehead atoms.